The van der Waals surface area contributed by atoms with Crippen LogP contribution in [0.4, 0.5) is 0 Å². The number of carbonyl (C=O) groups is 1. The summed E-state index contributed by atoms with van der Waals surface area (Å²) in [6.45, 7) is 2.52. The Kier molecular flexibility index (Phi) is 26.7. The summed E-state index contributed by atoms with van der Waals surface area (Å²) in [5.74, 6) is 0. The van der Waals surface area contributed by atoms with Gasteiger partial charge in [-0.25, -0.2) is 0 Å². The molecule has 0 radical (unpaired) electrons. The van der Waals surface area contributed by atoms with E-state index in [0.29, 0.717) is 12.9 Å². The van der Waals surface area contributed by atoms with Crippen LogP contribution in [0.25, 0.3) is 0 Å². The van der Waals surface area contributed by atoms with E-state index in [1.165, 1.54) is 77.0 Å². The Bertz CT molecular complexity index is 278. The minimum atomic E-state index is -1.77. The molecule has 0 saturated heterocycles. The van der Waals surface area contributed by atoms with Gasteiger partial charge in [0.1, 0.15) is 12.9 Å². The van der Waals surface area contributed by atoms with Crippen LogP contribution in [0.1, 0.15) is 96.8 Å². The summed E-state index contributed by atoms with van der Waals surface area (Å²) in [6.07, 6.45) is 18.9. The molecule has 0 aromatic rings. The molecule has 0 N–H and O–H groups in total. The SMILES string of the molecule is CCCCCCCCCCCCCCCCOS(=O)OCC=O.[NaH]. The molecule has 0 aliphatic carbocycles. The molecule has 0 aliphatic heterocycles. The predicted molar refractivity (Wildman–Crippen MR) is 104 cm³/mol. The molecule has 0 rings (SSSR count). The molecule has 1 unspecified atom stereocenters. The molecule has 0 spiro atoms. The van der Waals surface area contributed by atoms with Crippen LogP contribution in [0.3, 0.4) is 0 Å². The van der Waals surface area contributed by atoms with Crippen LogP contribution in [0, 0.1) is 0 Å². The normalized spacial score (nSPS) is 11.9. The molecular weight excluding hydrogens is 335 g/mol. The summed E-state index contributed by atoms with van der Waals surface area (Å²) in [4.78, 5) is 10.0. The average Bonchev–Trinajstić information content (AvgIpc) is 2.56. The van der Waals surface area contributed by atoms with Crippen molar-refractivity contribution < 1.29 is 17.4 Å². The van der Waals surface area contributed by atoms with Gasteiger partial charge in [-0.05, 0) is 6.42 Å². The van der Waals surface area contributed by atoms with Crippen LogP contribution >= 0.6 is 0 Å². The average molecular weight is 373 g/mol. The van der Waals surface area contributed by atoms with Crippen molar-refractivity contribution in [2.75, 3.05) is 13.2 Å². The van der Waals surface area contributed by atoms with Crippen molar-refractivity contribution >= 4 is 47.2 Å². The molecule has 4 nitrogen and oxygen atoms in total. The van der Waals surface area contributed by atoms with Gasteiger partial charge in [0.25, 0.3) is 0 Å². The third kappa shape index (κ3) is 22.7. The van der Waals surface area contributed by atoms with E-state index in [9.17, 15) is 9.00 Å². The predicted octanol–water partition coefficient (Wildman–Crippen LogP) is 4.63. The topological polar surface area (TPSA) is 52.6 Å². The first kappa shape index (κ1) is 27.0. The molecule has 0 amide bonds. The second kappa shape index (κ2) is 23.7. The van der Waals surface area contributed by atoms with E-state index in [1.54, 1.807) is 0 Å². The fraction of sp³-hybridized carbons (Fsp3) is 0.944. The summed E-state index contributed by atoms with van der Waals surface area (Å²) in [5.41, 5.74) is 0. The zero-order valence-electron chi connectivity index (χ0n) is 14.9. The maximum atomic E-state index is 11.0. The van der Waals surface area contributed by atoms with Crippen molar-refractivity contribution in [1.29, 1.82) is 0 Å². The van der Waals surface area contributed by atoms with Crippen molar-refractivity contribution in [3.05, 3.63) is 0 Å². The van der Waals surface area contributed by atoms with E-state index in [-0.39, 0.29) is 36.2 Å². The fourth-order valence-electron chi connectivity index (χ4n) is 2.54. The van der Waals surface area contributed by atoms with E-state index < -0.39 is 11.4 Å². The molecule has 0 aromatic carbocycles. The quantitative estimate of drug-likeness (QED) is 0.188. The number of hydrogen-bond acceptors (Lipinski definition) is 4. The maximum absolute atomic E-state index is 11.0. The zero-order chi connectivity index (χ0) is 17.0. The van der Waals surface area contributed by atoms with Crippen LogP contribution in [0.15, 0.2) is 0 Å². The van der Waals surface area contributed by atoms with E-state index in [0.717, 1.165) is 12.8 Å². The minimum absolute atomic E-state index is 0. The first-order chi connectivity index (χ1) is 11.3. The molecule has 1 atom stereocenters. The van der Waals surface area contributed by atoms with Gasteiger partial charge in [0.15, 0.2) is 0 Å². The second-order valence-corrected chi connectivity index (χ2v) is 6.95. The van der Waals surface area contributed by atoms with Crippen molar-refractivity contribution in [3.63, 3.8) is 0 Å². The van der Waals surface area contributed by atoms with Gasteiger partial charge >= 0.3 is 40.9 Å². The summed E-state index contributed by atoms with van der Waals surface area (Å²) < 4.78 is 20.6. The van der Waals surface area contributed by atoms with E-state index in [4.69, 9.17) is 4.18 Å². The Morgan fingerprint density at radius 2 is 1.12 bits per heavy atom. The van der Waals surface area contributed by atoms with Crippen molar-refractivity contribution in [2.45, 2.75) is 96.8 Å². The van der Waals surface area contributed by atoms with Gasteiger partial charge in [0.05, 0.1) is 6.61 Å². The molecule has 0 heterocycles. The zero-order valence-corrected chi connectivity index (χ0v) is 15.7. The monoisotopic (exact) mass is 372 g/mol. The van der Waals surface area contributed by atoms with Gasteiger partial charge in [-0.3, -0.25) is 8.37 Å². The number of unbranched alkanes of at least 4 members (excludes halogenated alkanes) is 13. The Labute approximate surface area is 174 Å². The van der Waals surface area contributed by atoms with E-state index in [1.807, 2.05) is 0 Å². The fourth-order valence-corrected chi connectivity index (χ4v) is 3.03. The second-order valence-electron chi connectivity index (χ2n) is 6.07. The van der Waals surface area contributed by atoms with Gasteiger partial charge in [-0.15, -0.1) is 0 Å². The van der Waals surface area contributed by atoms with Crippen molar-refractivity contribution in [1.82, 2.24) is 0 Å². The van der Waals surface area contributed by atoms with Crippen LogP contribution in [-0.2, 0) is 24.5 Å². The number of rotatable bonds is 19. The van der Waals surface area contributed by atoms with Crippen LogP contribution in [0.5, 0.6) is 0 Å². The van der Waals surface area contributed by atoms with Gasteiger partial charge in [-0.1, -0.05) is 90.4 Å². The summed E-state index contributed by atoms with van der Waals surface area (Å²) >= 11 is -1.77. The molecular formula is C18H37NaO4S. The first-order valence-corrected chi connectivity index (χ1v) is 10.4. The standard InChI is InChI=1S/C18H36O4S.Na.H/c1-2-3-4-5-6-7-8-9-10-11-12-13-14-15-17-21-23(20)22-18-16-19;;/h16H,2-15,17-18H2,1H3;;. The third-order valence-corrected chi connectivity index (χ3v) is 4.60. The Morgan fingerprint density at radius 1 is 0.708 bits per heavy atom. The van der Waals surface area contributed by atoms with Crippen LogP contribution in [0.2, 0.25) is 0 Å². The first-order valence-electron chi connectivity index (χ1n) is 9.43. The molecule has 0 fully saturated rings. The van der Waals surface area contributed by atoms with Gasteiger partial charge in [0, 0.05) is 0 Å². The summed E-state index contributed by atoms with van der Waals surface area (Å²) in [6, 6.07) is 0. The molecule has 24 heavy (non-hydrogen) atoms. The number of carbonyl (C=O) groups excluding carboxylic acids is 1. The summed E-state index contributed by atoms with van der Waals surface area (Å²) in [5, 5.41) is 0. The molecule has 140 valence electrons. The number of hydrogen-bond donors (Lipinski definition) is 0. The molecule has 6 heteroatoms. The molecule has 0 bridgehead atoms. The van der Waals surface area contributed by atoms with Crippen molar-refractivity contribution in [3.8, 4) is 0 Å². The van der Waals surface area contributed by atoms with E-state index >= 15 is 0 Å². The third-order valence-electron chi connectivity index (χ3n) is 3.91. The Morgan fingerprint density at radius 3 is 1.54 bits per heavy atom. The van der Waals surface area contributed by atoms with Gasteiger partial charge in [-0.2, -0.15) is 4.21 Å². The molecule has 0 aromatic heterocycles. The van der Waals surface area contributed by atoms with Crippen LogP contribution in [-0.4, -0.2) is 53.3 Å². The summed E-state index contributed by atoms with van der Waals surface area (Å²) in [7, 11) is 0. The Balaban J connectivity index is 0. The van der Waals surface area contributed by atoms with E-state index in [2.05, 4.69) is 11.1 Å². The molecule has 0 aliphatic rings. The van der Waals surface area contributed by atoms with Gasteiger partial charge in [0.2, 0.25) is 0 Å². The van der Waals surface area contributed by atoms with Crippen LogP contribution < -0.4 is 0 Å². The Hall–Kier alpha value is 0.740. The van der Waals surface area contributed by atoms with Crippen molar-refractivity contribution in [2.24, 2.45) is 0 Å². The van der Waals surface area contributed by atoms with Gasteiger partial charge < -0.3 is 4.79 Å². The molecule has 0 saturated carbocycles. The number of aldehydes is 1.